The van der Waals surface area contributed by atoms with E-state index in [0.717, 1.165) is 44.1 Å². The Balaban J connectivity index is 1.03. The van der Waals surface area contributed by atoms with Gasteiger partial charge in [0.25, 0.3) is 0 Å². The van der Waals surface area contributed by atoms with E-state index in [-0.39, 0.29) is 60.9 Å². The fraction of sp³-hybridized carbons (Fsp3) is 0.545. The molecule has 2 aliphatic heterocycles. The van der Waals surface area contributed by atoms with Crippen molar-refractivity contribution in [2.24, 2.45) is 11.8 Å². The molecule has 0 radical (unpaired) electrons. The first-order valence-electron chi connectivity index (χ1n) is 16.1. The summed E-state index contributed by atoms with van der Waals surface area (Å²) < 4.78 is 53.5. The van der Waals surface area contributed by atoms with E-state index in [1.807, 2.05) is 38.1 Å². The molecule has 45 heavy (non-hydrogen) atoms. The lowest BCUT2D eigenvalue weighted by atomic mass is 9.76. The minimum absolute atomic E-state index is 0.0191. The zero-order chi connectivity index (χ0) is 31.2. The largest absolute Gasteiger partial charge is 0.464 e. The van der Waals surface area contributed by atoms with E-state index < -0.39 is 31.7 Å². The second kappa shape index (κ2) is 12.4. The van der Waals surface area contributed by atoms with Gasteiger partial charge in [-0.05, 0) is 63.0 Å². The molecule has 1 aromatic heterocycles. The number of nitrogens with one attached hydrogen (secondary N) is 1. The highest BCUT2D eigenvalue weighted by Crippen LogP contribution is 2.67. The molecule has 7 rings (SSSR count). The van der Waals surface area contributed by atoms with Crippen LogP contribution in [0, 0.1) is 11.8 Å². The molecule has 1 saturated heterocycles. The molecule has 0 bridgehead atoms. The molecule has 1 fully saturated rings. The summed E-state index contributed by atoms with van der Waals surface area (Å²) in [5.41, 5.74) is -0.637. The summed E-state index contributed by atoms with van der Waals surface area (Å²) in [5.74, 6) is 0.653. The van der Waals surface area contributed by atoms with Crippen LogP contribution in [0.3, 0.4) is 0 Å². The van der Waals surface area contributed by atoms with Crippen molar-refractivity contribution in [2.45, 2.75) is 87.5 Å². The highest BCUT2D eigenvalue weighted by Gasteiger charge is 2.53. The van der Waals surface area contributed by atoms with Gasteiger partial charge in [0.15, 0.2) is 0 Å². The number of H-pyrrole nitrogens is 1. The maximum absolute atomic E-state index is 14.5. The van der Waals surface area contributed by atoms with Crippen LogP contribution in [0.15, 0.2) is 65.5 Å². The van der Waals surface area contributed by atoms with E-state index >= 15 is 0 Å². The summed E-state index contributed by atoms with van der Waals surface area (Å²) in [6, 6.07) is 7.49. The molecule has 10 unspecified atom stereocenters. The smallest absolute Gasteiger partial charge is 0.353 e. The summed E-state index contributed by atoms with van der Waals surface area (Å²) in [7, 11) is -6.40. The lowest BCUT2D eigenvalue weighted by Gasteiger charge is -2.49. The van der Waals surface area contributed by atoms with Crippen LogP contribution in [0.25, 0.3) is 0 Å². The predicted molar refractivity (Wildman–Crippen MR) is 172 cm³/mol. The van der Waals surface area contributed by atoms with Gasteiger partial charge in [-0.3, -0.25) is 14.1 Å². The Morgan fingerprint density at radius 3 is 2.53 bits per heavy atom. The van der Waals surface area contributed by atoms with Gasteiger partial charge in [-0.2, -0.15) is 0 Å². The molecule has 2 aromatic rings. The molecule has 1 N–H and O–H groups in total. The van der Waals surface area contributed by atoms with Gasteiger partial charge in [0.1, 0.15) is 13.2 Å². The molecule has 10 atom stereocenters. The van der Waals surface area contributed by atoms with E-state index in [9.17, 15) is 13.9 Å². The van der Waals surface area contributed by atoms with Crippen LogP contribution in [0.1, 0.15) is 63.9 Å². The Morgan fingerprint density at radius 1 is 0.911 bits per heavy atom. The van der Waals surface area contributed by atoms with Gasteiger partial charge < -0.3 is 18.5 Å². The Hall–Kier alpha value is -2.77. The van der Waals surface area contributed by atoms with Crippen molar-refractivity contribution in [1.82, 2.24) is 15.0 Å². The fourth-order valence-electron chi connectivity index (χ4n) is 7.70. The number of allylic oxidation sites excluding steroid dienone is 4. The average Bonchev–Trinajstić information content (AvgIpc) is 3.06. The summed E-state index contributed by atoms with van der Waals surface area (Å²) in [6.45, 7) is 3.75. The van der Waals surface area contributed by atoms with E-state index in [4.69, 9.17) is 18.5 Å². The molecule has 0 spiro atoms. The third kappa shape index (κ3) is 5.73. The van der Waals surface area contributed by atoms with Gasteiger partial charge in [-0.15, -0.1) is 9.97 Å². The first-order chi connectivity index (χ1) is 21.8. The maximum atomic E-state index is 14.5. The van der Waals surface area contributed by atoms with Gasteiger partial charge >= 0.3 is 17.7 Å². The molecular formula is C33H41N3O7P2. The zero-order valence-electron chi connectivity index (χ0n) is 25.7. The van der Waals surface area contributed by atoms with E-state index in [0.29, 0.717) is 5.30 Å². The third-order valence-corrected chi connectivity index (χ3v) is 16.6. The van der Waals surface area contributed by atoms with E-state index in [2.05, 4.69) is 51.4 Å². The number of hydrogen-bond donors (Lipinski definition) is 1. The SMILES string of the molecule is CC(COc1nc(OCC(C)P2(=O)OC3CCC=CC3C3CC=CCC32)[nH]c(=O)n1)P1(=O)OC2CCC=CC2c2ccccc21. The summed E-state index contributed by atoms with van der Waals surface area (Å²) in [5, 5.41) is 0.713. The predicted octanol–water partition coefficient (Wildman–Crippen LogP) is 6.11. The first kappa shape index (κ1) is 30.9. The zero-order valence-corrected chi connectivity index (χ0v) is 27.5. The molecular weight excluding hydrogens is 612 g/mol. The highest BCUT2D eigenvalue weighted by molar-refractivity contribution is 7.67. The minimum Gasteiger partial charge on any atom is -0.464 e. The summed E-state index contributed by atoms with van der Waals surface area (Å²) in [4.78, 5) is 23.1. The van der Waals surface area contributed by atoms with E-state index in [1.165, 1.54) is 0 Å². The van der Waals surface area contributed by atoms with Gasteiger partial charge in [-0.25, -0.2) is 4.79 Å². The number of nitrogens with zero attached hydrogens (tertiary/aromatic N) is 2. The van der Waals surface area contributed by atoms with E-state index in [1.54, 1.807) is 0 Å². The Kier molecular flexibility index (Phi) is 8.53. The number of hydrogen-bond acceptors (Lipinski definition) is 9. The van der Waals surface area contributed by atoms with Crippen molar-refractivity contribution < 1.29 is 27.7 Å². The number of ether oxygens (including phenoxy) is 2. The molecule has 12 heteroatoms. The second-order valence-corrected chi connectivity index (χ2v) is 18.8. The number of aromatic nitrogens is 3. The second-order valence-electron chi connectivity index (χ2n) is 12.9. The van der Waals surface area contributed by atoms with Crippen molar-refractivity contribution in [2.75, 3.05) is 13.2 Å². The molecule has 3 aliphatic carbocycles. The first-order valence-corrected chi connectivity index (χ1v) is 19.6. The highest BCUT2D eigenvalue weighted by atomic mass is 31.2. The third-order valence-electron chi connectivity index (χ3n) is 10.1. The Bertz CT molecular complexity index is 1670. The number of fused-ring (bicyclic) bond motifs is 6. The maximum Gasteiger partial charge on any atom is 0.353 e. The standard InChI is InChI=1S/C33H41N3O7P2/c1-21(44(38)29-17-9-5-13-25(29)23-11-3-7-15-27(23)42-44)19-40-32-34-31(37)35-33(36-32)41-20-22(2)45(39)30-18-10-6-14-26(30)24-12-4-8-16-28(24)43-45/h3-6,9-13,17,21-24,26-28,30H,7-8,14-16,18-20H2,1-2H3,(H,34,35,36,37). The van der Waals surface area contributed by atoms with Crippen molar-refractivity contribution in [1.29, 1.82) is 0 Å². The molecule has 10 nitrogen and oxygen atoms in total. The number of benzene rings is 1. The van der Waals surface area contributed by atoms with Crippen molar-refractivity contribution in [3.8, 4) is 12.0 Å². The molecule has 240 valence electrons. The van der Waals surface area contributed by atoms with Crippen LogP contribution < -0.4 is 20.5 Å². The topological polar surface area (TPSA) is 130 Å². The van der Waals surface area contributed by atoms with Crippen molar-refractivity contribution >= 4 is 20.0 Å². The quantitative estimate of drug-likeness (QED) is 0.265. The monoisotopic (exact) mass is 653 g/mol. The minimum atomic E-state index is -3.30. The molecule has 0 saturated carbocycles. The lowest BCUT2D eigenvalue weighted by Crippen LogP contribution is -2.45. The van der Waals surface area contributed by atoms with Crippen LogP contribution >= 0.6 is 14.7 Å². The molecule has 1 aromatic carbocycles. The molecule has 5 aliphatic rings. The number of aromatic amines is 1. The summed E-state index contributed by atoms with van der Waals surface area (Å²) >= 11 is 0. The van der Waals surface area contributed by atoms with Crippen LogP contribution in [0.4, 0.5) is 0 Å². The van der Waals surface area contributed by atoms with Gasteiger partial charge in [0.05, 0.1) is 23.5 Å². The summed E-state index contributed by atoms with van der Waals surface area (Å²) in [6.07, 6.45) is 18.0. The Morgan fingerprint density at radius 2 is 1.67 bits per heavy atom. The molecule has 3 heterocycles. The van der Waals surface area contributed by atoms with Gasteiger partial charge in [-0.1, -0.05) is 61.6 Å². The normalized spacial score (nSPS) is 36.1. The van der Waals surface area contributed by atoms with Crippen LogP contribution in [0.2, 0.25) is 0 Å². The Labute approximate surface area is 263 Å². The van der Waals surface area contributed by atoms with Crippen LogP contribution in [-0.4, -0.2) is 57.4 Å². The number of rotatable bonds is 8. The van der Waals surface area contributed by atoms with Crippen molar-refractivity contribution in [3.63, 3.8) is 0 Å². The van der Waals surface area contributed by atoms with Crippen molar-refractivity contribution in [3.05, 3.63) is 76.8 Å². The molecule has 0 amide bonds. The fourth-order valence-corrected chi connectivity index (χ4v) is 13.5. The lowest BCUT2D eigenvalue weighted by molar-refractivity contribution is 0.0715. The van der Waals surface area contributed by atoms with Gasteiger partial charge in [0.2, 0.25) is 14.7 Å². The average molecular weight is 654 g/mol. The van der Waals surface area contributed by atoms with Crippen LogP contribution in [-0.2, 0) is 18.2 Å². The van der Waals surface area contributed by atoms with Crippen LogP contribution in [0.5, 0.6) is 12.0 Å². The van der Waals surface area contributed by atoms with Gasteiger partial charge in [0, 0.05) is 22.8 Å².